The Balaban J connectivity index is 1.95. The summed E-state index contributed by atoms with van der Waals surface area (Å²) in [6, 6.07) is 7.49. The fourth-order valence-corrected chi connectivity index (χ4v) is 2.73. The Hall–Kier alpha value is -1.88. The largest absolute Gasteiger partial charge is 0.481 e. The number of aliphatic carboxylic acids is 1. The van der Waals surface area contributed by atoms with Crippen LogP contribution in [0.25, 0.3) is 0 Å². The molecule has 0 radical (unpaired) electrons. The van der Waals surface area contributed by atoms with E-state index in [1.165, 1.54) is 11.1 Å². The average molecular weight is 290 g/mol. The molecular weight excluding hydrogens is 268 g/mol. The zero-order chi connectivity index (χ0) is 15.2. The summed E-state index contributed by atoms with van der Waals surface area (Å²) < 4.78 is 0. The molecule has 3 N–H and O–H groups in total. The van der Waals surface area contributed by atoms with Gasteiger partial charge in [-0.2, -0.15) is 0 Å². The van der Waals surface area contributed by atoms with E-state index in [2.05, 4.69) is 16.7 Å². The van der Waals surface area contributed by atoms with Crippen LogP contribution in [0.2, 0.25) is 0 Å². The van der Waals surface area contributed by atoms with Gasteiger partial charge in [0.05, 0.1) is 12.5 Å². The van der Waals surface area contributed by atoms with E-state index in [1.807, 2.05) is 25.1 Å². The van der Waals surface area contributed by atoms with Gasteiger partial charge in [-0.05, 0) is 24.0 Å². The number of carbonyl (C=O) groups excluding carboxylic acids is 1. The second-order valence-electron chi connectivity index (χ2n) is 5.50. The smallest absolute Gasteiger partial charge is 0.305 e. The molecule has 0 spiro atoms. The topological polar surface area (TPSA) is 78.4 Å². The number of nitrogens with one attached hydrogen (secondary N) is 2. The third kappa shape index (κ3) is 4.29. The summed E-state index contributed by atoms with van der Waals surface area (Å²) in [4.78, 5) is 23.1. The normalized spacial score (nSPS) is 18.6. The van der Waals surface area contributed by atoms with E-state index in [0.717, 1.165) is 6.42 Å². The summed E-state index contributed by atoms with van der Waals surface area (Å²) in [7, 11) is 0. The van der Waals surface area contributed by atoms with E-state index in [0.29, 0.717) is 19.4 Å². The van der Waals surface area contributed by atoms with Crippen LogP contribution >= 0.6 is 0 Å². The first-order valence-corrected chi connectivity index (χ1v) is 7.42. The molecule has 1 heterocycles. The molecule has 1 aliphatic heterocycles. The molecule has 2 rings (SSSR count). The summed E-state index contributed by atoms with van der Waals surface area (Å²) in [5.41, 5.74) is 2.40. The van der Waals surface area contributed by atoms with Gasteiger partial charge in [-0.3, -0.25) is 9.59 Å². The summed E-state index contributed by atoms with van der Waals surface area (Å²) in [6.07, 6.45) is 2.15. The van der Waals surface area contributed by atoms with Gasteiger partial charge in [0.2, 0.25) is 5.91 Å². The van der Waals surface area contributed by atoms with Crippen LogP contribution in [0.3, 0.4) is 0 Å². The van der Waals surface area contributed by atoms with Gasteiger partial charge in [0, 0.05) is 12.6 Å². The molecule has 0 saturated heterocycles. The molecule has 0 fully saturated rings. The van der Waals surface area contributed by atoms with Crippen LogP contribution in [0.5, 0.6) is 0 Å². The van der Waals surface area contributed by atoms with E-state index in [-0.39, 0.29) is 24.4 Å². The lowest BCUT2D eigenvalue weighted by molar-refractivity contribution is -0.137. The number of carbonyl (C=O) groups is 2. The highest BCUT2D eigenvalue weighted by molar-refractivity contribution is 5.83. The Morgan fingerprint density at radius 2 is 2.10 bits per heavy atom. The lowest BCUT2D eigenvalue weighted by Gasteiger charge is -2.27. The summed E-state index contributed by atoms with van der Waals surface area (Å²) in [6.45, 7) is 2.65. The lowest BCUT2D eigenvalue weighted by Crippen LogP contribution is -2.50. The second kappa shape index (κ2) is 7.22. The van der Waals surface area contributed by atoms with E-state index < -0.39 is 5.97 Å². The first kappa shape index (κ1) is 15.5. The van der Waals surface area contributed by atoms with E-state index in [9.17, 15) is 9.59 Å². The van der Waals surface area contributed by atoms with Crippen LogP contribution < -0.4 is 10.6 Å². The van der Waals surface area contributed by atoms with Crippen LogP contribution in [0.15, 0.2) is 24.3 Å². The van der Waals surface area contributed by atoms with Crippen molar-refractivity contribution in [1.29, 1.82) is 0 Å². The van der Waals surface area contributed by atoms with Gasteiger partial charge in [0.25, 0.3) is 0 Å². The van der Waals surface area contributed by atoms with Crippen molar-refractivity contribution in [3.63, 3.8) is 0 Å². The molecule has 1 aliphatic rings. The molecule has 21 heavy (non-hydrogen) atoms. The molecule has 5 heteroatoms. The maximum atomic E-state index is 12.3. The van der Waals surface area contributed by atoms with Gasteiger partial charge >= 0.3 is 5.97 Å². The van der Waals surface area contributed by atoms with Crippen molar-refractivity contribution in [3.05, 3.63) is 35.4 Å². The maximum Gasteiger partial charge on any atom is 0.305 e. The van der Waals surface area contributed by atoms with Crippen molar-refractivity contribution >= 4 is 11.9 Å². The Kier molecular flexibility index (Phi) is 5.33. The van der Waals surface area contributed by atoms with Gasteiger partial charge in [-0.15, -0.1) is 0 Å². The minimum atomic E-state index is -0.879. The fourth-order valence-electron chi connectivity index (χ4n) is 2.73. The molecule has 0 saturated carbocycles. The number of carboxylic acids is 1. The molecule has 5 nitrogen and oxygen atoms in total. The van der Waals surface area contributed by atoms with Crippen molar-refractivity contribution in [2.24, 2.45) is 0 Å². The Morgan fingerprint density at radius 1 is 1.38 bits per heavy atom. The van der Waals surface area contributed by atoms with Gasteiger partial charge in [-0.1, -0.05) is 37.6 Å². The Bertz CT molecular complexity index is 516. The van der Waals surface area contributed by atoms with E-state index in [1.54, 1.807) is 0 Å². The minimum absolute atomic E-state index is 0.0249. The number of fused-ring (bicyclic) bond motifs is 1. The van der Waals surface area contributed by atoms with Crippen molar-refractivity contribution < 1.29 is 14.7 Å². The third-order valence-electron chi connectivity index (χ3n) is 3.80. The molecule has 0 aromatic heterocycles. The predicted octanol–water partition coefficient (Wildman–Crippen LogP) is 1.46. The molecular formula is C16H22N2O3. The van der Waals surface area contributed by atoms with Crippen LogP contribution in [0.4, 0.5) is 0 Å². The van der Waals surface area contributed by atoms with Gasteiger partial charge in [0.1, 0.15) is 0 Å². The highest BCUT2D eigenvalue weighted by atomic mass is 16.4. The third-order valence-corrected chi connectivity index (χ3v) is 3.80. The number of carboxylic acid groups (broad SMARTS) is 1. The fraction of sp³-hybridized carbons (Fsp3) is 0.500. The van der Waals surface area contributed by atoms with Crippen LogP contribution in [0.1, 0.15) is 37.3 Å². The van der Waals surface area contributed by atoms with Gasteiger partial charge in [0.15, 0.2) is 0 Å². The molecule has 2 unspecified atom stereocenters. The van der Waals surface area contributed by atoms with Crippen molar-refractivity contribution in [2.75, 3.05) is 0 Å². The van der Waals surface area contributed by atoms with Crippen LogP contribution in [-0.4, -0.2) is 29.1 Å². The standard InChI is InChI=1S/C16H22N2O3/c1-2-5-13(9-15(19)20)18-16(21)14-8-11-6-3-4-7-12(11)10-17-14/h3-4,6-7,13-14,17H,2,5,8-10H2,1H3,(H,18,21)(H,19,20). The lowest BCUT2D eigenvalue weighted by atomic mass is 9.95. The Morgan fingerprint density at radius 3 is 2.76 bits per heavy atom. The second-order valence-corrected chi connectivity index (χ2v) is 5.50. The zero-order valence-corrected chi connectivity index (χ0v) is 12.3. The highest BCUT2D eigenvalue weighted by Gasteiger charge is 2.26. The van der Waals surface area contributed by atoms with E-state index >= 15 is 0 Å². The number of hydrogen-bond donors (Lipinski definition) is 3. The Labute approximate surface area is 124 Å². The maximum absolute atomic E-state index is 12.3. The number of amides is 1. The summed E-state index contributed by atoms with van der Waals surface area (Å²) in [5.74, 6) is -0.986. The zero-order valence-electron chi connectivity index (χ0n) is 12.3. The van der Waals surface area contributed by atoms with Crippen molar-refractivity contribution in [3.8, 4) is 0 Å². The molecule has 1 amide bonds. The predicted molar refractivity (Wildman–Crippen MR) is 79.9 cm³/mol. The van der Waals surface area contributed by atoms with Crippen molar-refractivity contribution in [1.82, 2.24) is 10.6 Å². The van der Waals surface area contributed by atoms with Crippen LogP contribution in [-0.2, 0) is 22.6 Å². The number of benzene rings is 1. The van der Waals surface area contributed by atoms with Gasteiger partial charge in [-0.25, -0.2) is 0 Å². The van der Waals surface area contributed by atoms with Crippen molar-refractivity contribution in [2.45, 2.75) is 51.2 Å². The highest BCUT2D eigenvalue weighted by Crippen LogP contribution is 2.16. The summed E-state index contributed by atoms with van der Waals surface area (Å²) in [5, 5.41) is 15.0. The number of hydrogen-bond acceptors (Lipinski definition) is 3. The first-order chi connectivity index (χ1) is 10.1. The molecule has 1 aromatic rings. The van der Waals surface area contributed by atoms with E-state index in [4.69, 9.17) is 5.11 Å². The number of rotatable bonds is 6. The molecule has 2 atom stereocenters. The molecule has 0 aliphatic carbocycles. The molecule has 1 aromatic carbocycles. The summed E-state index contributed by atoms with van der Waals surface area (Å²) >= 11 is 0. The quantitative estimate of drug-likeness (QED) is 0.741. The van der Waals surface area contributed by atoms with Gasteiger partial charge < -0.3 is 15.7 Å². The molecule has 0 bridgehead atoms. The minimum Gasteiger partial charge on any atom is -0.481 e. The SMILES string of the molecule is CCCC(CC(=O)O)NC(=O)C1Cc2ccccc2CN1. The monoisotopic (exact) mass is 290 g/mol. The molecule has 114 valence electrons. The van der Waals surface area contributed by atoms with Crippen LogP contribution in [0, 0.1) is 0 Å². The average Bonchev–Trinajstić information content (AvgIpc) is 2.46. The first-order valence-electron chi connectivity index (χ1n) is 7.42.